The Kier molecular flexibility index (Phi) is 4.69. The second-order valence-corrected chi connectivity index (χ2v) is 6.39. The van der Waals surface area contributed by atoms with Crippen molar-refractivity contribution < 1.29 is 4.79 Å². The third-order valence-corrected chi connectivity index (χ3v) is 4.35. The van der Waals surface area contributed by atoms with Gasteiger partial charge in [-0.2, -0.15) is 5.26 Å². The molecule has 1 N–H and O–H groups in total. The molecule has 0 atom stereocenters. The van der Waals surface area contributed by atoms with E-state index in [0.29, 0.717) is 17.7 Å². The number of thiazole rings is 1. The van der Waals surface area contributed by atoms with Gasteiger partial charge in [-0.3, -0.25) is 4.79 Å². The Morgan fingerprint density at radius 3 is 2.71 bits per heavy atom. The molecule has 1 amide bonds. The maximum atomic E-state index is 12.1. The molecule has 0 aliphatic carbocycles. The van der Waals surface area contributed by atoms with Crippen LogP contribution in [0.3, 0.4) is 0 Å². The molecular formula is C19H15N3OS. The van der Waals surface area contributed by atoms with E-state index in [0.717, 1.165) is 21.8 Å². The van der Waals surface area contributed by atoms with Gasteiger partial charge < -0.3 is 5.32 Å². The number of carbonyl (C=O) groups excluding carboxylic acids is 1. The van der Waals surface area contributed by atoms with Crippen molar-refractivity contribution in [3.05, 3.63) is 75.6 Å². The van der Waals surface area contributed by atoms with Gasteiger partial charge in [0, 0.05) is 23.1 Å². The summed E-state index contributed by atoms with van der Waals surface area (Å²) in [7, 11) is 0. The Hall–Kier alpha value is -2.97. The zero-order chi connectivity index (χ0) is 16.9. The number of nitrogens with one attached hydrogen (secondary N) is 1. The number of hydrogen-bond donors (Lipinski definition) is 1. The minimum absolute atomic E-state index is 0.189. The molecule has 0 saturated heterocycles. The highest BCUT2D eigenvalue weighted by molar-refractivity contribution is 7.09. The number of hydrogen-bond acceptors (Lipinski definition) is 4. The first-order valence-corrected chi connectivity index (χ1v) is 8.33. The molecule has 0 saturated carbocycles. The highest BCUT2D eigenvalue weighted by Crippen LogP contribution is 2.21. The molecule has 3 aromatic rings. The summed E-state index contributed by atoms with van der Waals surface area (Å²) < 4.78 is 0. The van der Waals surface area contributed by atoms with Gasteiger partial charge in [0.2, 0.25) is 0 Å². The summed E-state index contributed by atoms with van der Waals surface area (Å²) in [6.07, 6.45) is 0. The lowest BCUT2D eigenvalue weighted by molar-refractivity contribution is 0.0951. The number of carbonyl (C=O) groups is 1. The predicted molar refractivity (Wildman–Crippen MR) is 94.6 cm³/mol. The Labute approximate surface area is 144 Å². The highest BCUT2D eigenvalue weighted by Gasteiger charge is 2.07. The summed E-state index contributed by atoms with van der Waals surface area (Å²) in [5.74, 6) is -0.189. The number of nitrogens with zero attached hydrogens (tertiary/aromatic N) is 2. The summed E-state index contributed by atoms with van der Waals surface area (Å²) >= 11 is 1.63. The fraction of sp³-hybridized carbons (Fsp3) is 0.105. The van der Waals surface area contributed by atoms with Crippen LogP contribution in [0, 0.1) is 18.3 Å². The quantitative estimate of drug-likeness (QED) is 0.787. The molecule has 0 spiro atoms. The second-order valence-electron chi connectivity index (χ2n) is 5.32. The van der Waals surface area contributed by atoms with Gasteiger partial charge in [0.15, 0.2) is 0 Å². The normalized spacial score (nSPS) is 10.2. The van der Waals surface area contributed by atoms with E-state index in [-0.39, 0.29) is 5.91 Å². The van der Waals surface area contributed by atoms with Gasteiger partial charge >= 0.3 is 0 Å². The van der Waals surface area contributed by atoms with E-state index < -0.39 is 0 Å². The van der Waals surface area contributed by atoms with E-state index in [9.17, 15) is 4.79 Å². The van der Waals surface area contributed by atoms with Crippen LogP contribution in [0.4, 0.5) is 0 Å². The van der Waals surface area contributed by atoms with Crippen molar-refractivity contribution in [1.82, 2.24) is 10.3 Å². The Bertz CT molecular complexity index is 907. The molecule has 0 radical (unpaired) electrons. The van der Waals surface area contributed by atoms with Crippen molar-refractivity contribution in [1.29, 1.82) is 5.26 Å². The van der Waals surface area contributed by atoms with Gasteiger partial charge in [0.05, 0.1) is 22.3 Å². The first-order chi connectivity index (χ1) is 11.7. The van der Waals surface area contributed by atoms with E-state index in [4.69, 9.17) is 5.26 Å². The monoisotopic (exact) mass is 333 g/mol. The number of rotatable bonds is 4. The summed E-state index contributed by atoms with van der Waals surface area (Å²) in [6.45, 7) is 2.42. The summed E-state index contributed by atoms with van der Waals surface area (Å²) in [5.41, 5.74) is 4.02. The van der Waals surface area contributed by atoms with Crippen LogP contribution in [0.15, 0.2) is 53.9 Å². The van der Waals surface area contributed by atoms with Crippen LogP contribution in [0.1, 0.15) is 26.5 Å². The number of amides is 1. The third kappa shape index (κ3) is 3.67. The molecule has 4 nitrogen and oxygen atoms in total. The van der Waals surface area contributed by atoms with Crippen LogP contribution >= 0.6 is 11.3 Å². The Balaban J connectivity index is 1.64. The summed E-state index contributed by atoms with van der Waals surface area (Å²) in [6, 6.07) is 16.7. The van der Waals surface area contributed by atoms with Crippen LogP contribution < -0.4 is 5.32 Å². The van der Waals surface area contributed by atoms with E-state index in [1.165, 1.54) is 0 Å². The van der Waals surface area contributed by atoms with Crippen molar-refractivity contribution in [2.45, 2.75) is 13.5 Å². The van der Waals surface area contributed by atoms with Crippen LogP contribution in [0.25, 0.3) is 11.3 Å². The van der Waals surface area contributed by atoms with Gasteiger partial charge in [-0.05, 0) is 30.7 Å². The van der Waals surface area contributed by atoms with Gasteiger partial charge in [-0.1, -0.05) is 30.3 Å². The number of aryl methyl sites for hydroxylation is 1. The van der Waals surface area contributed by atoms with Gasteiger partial charge in [0.25, 0.3) is 5.91 Å². The predicted octanol–water partition coefficient (Wildman–Crippen LogP) is 3.92. The molecule has 1 aromatic heterocycles. The van der Waals surface area contributed by atoms with Crippen LogP contribution in [-0.2, 0) is 6.54 Å². The van der Waals surface area contributed by atoms with E-state index in [1.807, 2.05) is 42.6 Å². The molecule has 0 unspecified atom stereocenters. The van der Waals surface area contributed by atoms with Gasteiger partial charge in [-0.15, -0.1) is 11.3 Å². The largest absolute Gasteiger partial charge is 0.348 e. The van der Waals surface area contributed by atoms with Crippen LogP contribution in [0.5, 0.6) is 0 Å². The van der Waals surface area contributed by atoms with E-state index in [1.54, 1.807) is 35.6 Å². The average Bonchev–Trinajstić information content (AvgIpc) is 3.06. The third-order valence-electron chi connectivity index (χ3n) is 3.58. The first kappa shape index (κ1) is 15.9. The summed E-state index contributed by atoms with van der Waals surface area (Å²) in [4.78, 5) is 16.6. The molecule has 2 aromatic carbocycles. The molecule has 118 valence electrons. The molecule has 0 fully saturated rings. The van der Waals surface area contributed by atoms with Crippen molar-refractivity contribution in [2.24, 2.45) is 0 Å². The average molecular weight is 333 g/mol. The lowest BCUT2D eigenvalue weighted by Gasteiger charge is -2.06. The topological polar surface area (TPSA) is 65.8 Å². The number of aromatic nitrogens is 1. The maximum absolute atomic E-state index is 12.1. The molecule has 24 heavy (non-hydrogen) atoms. The summed E-state index contributed by atoms with van der Waals surface area (Å²) in [5, 5.41) is 14.8. The van der Waals surface area contributed by atoms with Gasteiger partial charge in [-0.25, -0.2) is 4.98 Å². The second kappa shape index (κ2) is 7.07. The zero-order valence-electron chi connectivity index (χ0n) is 13.1. The minimum Gasteiger partial charge on any atom is -0.348 e. The molecule has 0 aliphatic heterocycles. The molecule has 1 heterocycles. The zero-order valence-corrected chi connectivity index (χ0v) is 13.9. The van der Waals surface area contributed by atoms with E-state index in [2.05, 4.69) is 10.3 Å². The lowest BCUT2D eigenvalue weighted by Crippen LogP contribution is -2.22. The fourth-order valence-electron chi connectivity index (χ4n) is 2.30. The molecular weight excluding hydrogens is 318 g/mol. The highest BCUT2D eigenvalue weighted by atomic mass is 32.1. The fourth-order valence-corrected chi connectivity index (χ4v) is 2.93. The molecule has 0 bridgehead atoms. The van der Waals surface area contributed by atoms with E-state index >= 15 is 0 Å². The minimum atomic E-state index is -0.189. The maximum Gasteiger partial charge on any atom is 0.251 e. The molecule has 3 rings (SSSR count). The SMILES string of the molecule is Cc1nc(-c2ccc(CNC(=O)c3cccc(C#N)c3)cc2)cs1. The van der Waals surface area contributed by atoms with Crippen molar-refractivity contribution in [2.75, 3.05) is 0 Å². The lowest BCUT2D eigenvalue weighted by atomic mass is 10.1. The Morgan fingerprint density at radius 2 is 2.04 bits per heavy atom. The van der Waals surface area contributed by atoms with Crippen LogP contribution in [0.2, 0.25) is 0 Å². The van der Waals surface area contributed by atoms with Gasteiger partial charge in [0.1, 0.15) is 0 Å². The first-order valence-electron chi connectivity index (χ1n) is 7.45. The smallest absolute Gasteiger partial charge is 0.251 e. The molecule has 0 aliphatic rings. The van der Waals surface area contributed by atoms with Crippen molar-refractivity contribution in [3.63, 3.8) is 0 Å². The number of nitriles is 1. The standard InChI is InChI=1S/C19H15N3OS/c1-13-22-18(12-24-13)16-7-5-14(6-8-16)11-21-19(23)17-4-2-3-15(9-17)10-20/h2-9,12H,11H2,1H3,(H,21,23). The Morgan fingerprint density at radius 1 is 1.25 bits per heavy atom. The number of benzene rings is 2. The van der Waals surface area contributed by atoms with Crippen molar-refractivity contribution >= 4 is 17.2 Å². The van der Waals surface area contributed by atoms with Crippen LogP contribution in [-0.4, -0.2) is 10.9 Å². The van der Waals surface area contributed by atoms with Crippen molar-refractivity contribution in [3.8, 4) is 17.3 Å². The molecule has 5 heteroatoms.